The number of carbonyl (C=O) groups is 1. The molecule has 0 bridgehead atoms. The van der Waals surface area contributed by atoms with E-state index in [9.17, 15) is 13.6 Å². The van der Waals surface area contributed by atoms with E-state index in [4.69, 9.17) is 14.6 Å². The van der Waals surface area contributed by atoms with Crippen LogP contribution in [0.4, 0.5) is 8.78 Å². The Balaban J connectivity index is 1.33. The largest absolute Gasteiger partial charge is 0.497 e. The molecule has 32 heavy (non-hydrogen) atoms. The zero-order valence-corrected chi connectivity index (χ0v) is 18.3. The topological polar surface area (TPSA) is 55.8 Å². The average molecular weight is 445 g/mol. The van der Waals surface area contributed by atoms with Crippen molar-refractivity contribution in [2.75, 3.05) is 13.7 Å². The lowest BCUT2D eigenvalue weighted by molar-refractivity contribution is -0.143. The minimum absolute atomic E-state index is 0.0867. The summed E-state index contributed by atoms with van der Waals surface area (Å²) in [4.78, 5) is 11.2. The molecule has 0 aromatic heterocycles. The monoisotopic (exact) mass is 444 g/mol. The molecule has 2 atom stereocenters. The highest BCUT2D eigenvalue weighted by Gasteiger charge is 2.41. The number of benzene rings is 2. The second-order valence-electron chi connectivity index (χ2n) is 9.09. The van der Waals surface area contributed by atoms with Crippen molar-refractivity contribution in [3.05, 3.63) is 59.4 Å². The SMILES string of the molecule is COc1ccc(F)c(C2CCC(COc3cccc([C@H](C4CC4)C(F)C(=O)O)c3)CC2)c1. The summed E-state index contributed by atoms with van der Waals surface area (Å²) in [5, 5.41) is 9.15. The van der Waals surface area contributed by atoms with E-state index >= 15 is 0 Å². The molecule has 0 amide bonds. The number of halogens is 2. The van der Waals surface area contributed by atoms with E-state index in [0.717, 1.165) is 44.1 Å². The predicted octanol–water partition coefficient (Wildman–Crippen LogP) is 6.10. The minimum atomic E-state index is -1.90. The van der Waals surface area contributed by atoms with E-state index < -0.39 is 18.1 Å². The van der Waals surface area contributed by atoms with Crippen LogP contribution in [0.5, 0.6) is 11.5 Å². The van der Waals surface area contributed by atoms with Gasteiger partial charge in [-0.15, -0.1) is 0 Å². The summed E-state index contributed by atoms with van der Waals surface area (Å²) in [6.45, 7) is 0.544. The molecule has 2 fully saturated rings. The van der Waals surface area contributed by atoms with Crippen molar-refractivity contribution in [2.24, 2.45) is 11.8 Å². The Morgan fingerprint density at radius 1 is 1.06 bits per heavy atom. The lowest BCUT2D eigenvalue weighted by Crippen LogP contribution is -2.25. The Morgan fingerprint density at radius 3 is 2.47 bits per heavy atom. The van der Waals surface area contributed by atoms with Crippen molar-refractivity contribution in [3.8, 4) is 11.5 Å². The van der Waals surface area contributed by atoms with Crippen LogP contribution < -0.4 is 9.47 Å². The molecular weight excluding hydrogens is 414 g/mol. The summed E-state index contributed by atoms with van der Waals surface area (Å²) in [5.41, 5.74) is 1.42. The van der Waals surface area contributed by atoms with Gasteiger partial charge in [0.05, 0.1) is 13.7 Å². The van der Waals surface area contributed by atoms with Crippen LogP contribution in [0.15, 0.2) is 42.5 Å². The van der Waals surface area contributed by atoms with Crippen LogP contribution in [0.1, 0.15) is 61.5 Å². The minimum Gasteiger partial charge on any atom is -0.497 e. The van der Waals surface area contributed by atoms with E-state index in [1.54, 1.807) is 37.4 Å². The molecule has 0 spiro atoms. The molecule has 4 nitrogen and oxygen atoms in total. The fourth-order valence-corrected chi connectivity index (χ4v) is 4.92. The maximum Gasteiger partial charge on any atom is 0.338 e. The summed E-state index contributed by atoms with van der Waals surface area (Å²) in [6.07, 6.45) is 3.49. The third-order valence-electron chi connectivity index (χ3n) is 6.90. The summed E-state index contributed by atoms with van der Waals surface area (Å²) in [6, 6.07) is 12.1. The number of hydrogen-bond acceptors (Lipinski definition) is 3. The van der Waals surface area contributed by atoms with E-state index in [0.29, 0.717) is 29.6 Å². The second-order valence-corrected chi connectivity index (χ2v) is 9.09. The molecule has 4 rings (SSSR count). The van der Waals surface area contributed by atoms with Gasteiger partial charge in [0.15, 0.2) is 0 Å². The molecule has 0 aliphatic heterocycles. The molecule has 1 unspecified atom stereocenters. The number of methoxy groups -OCH3 is 1. The Hall–Kier alpha value is -2.63. The first-order chi connectivity index (χ1) is 15.5. The molecule has 1 N–H and O–H groups in total. The first-order valence-corrected chi connectivity index (χ1v) is 11.4. The van der Waals surface area contributed by atoms with Gasteiger partial charge in [0, 0.05) is 5.92 Å². The number of carboxylic acid groups (broad SMARTS) is 1. The van der Waals surface area contributed by atoms with Crippen molar-refractivity contribution in [1.82, 2.24) is 0 Å². The van der Waals surface area contributed by atoms with E-state index in [2.05, 4.69) is 0 Å². The van der Waals surface area contributed by atoms with Crippen molar-refractivity contribution in [1.29, 1.82) is 0 Å². The molecule has 2 aliphatic rings. The highest BCUT2D eigenvalue weighted by molar-refractivity contribution is 5.73. The Morgan fingerprint density at radius 2 is 1.81 bits per heavy atom. The molecule has 172 valence electrons. The van der Waals surface area contributed by atoms with Crippen molar-refractivity contribution < 1.29 is 28.2 Å². The molecule has 0 radical (unpaired) electrons. The highest BCUT2D eigenvalue weighted by atomic mass is 19.1. The second kappa shape index (κ2) is 9.88. The third kappa shape index (κ3) is 5.22. The fourth-order valence-electron chi connectivity index (χ4n) is 4.92. The maximum absolute atomic E-state index is 14.4. The molecule has 2 aliphatic carbocycles. The molecule has 6 heteroatoms. The van der Waals surface area contributed by atoms with Crippen LogP contribution in [0.3, 0.4) is 0 Å². The highest BCUT2D eigenvalue weighted by Crippen LogP contribution is 2.46. The predicted molar refractivity (Wildman–Crippen MR) is 118 cm³/mol. The summed E-state index contributed by atoms with van der Waals surface area (Å²) < 4.78 is 39.9. The van der Waals surface area contributed by atoms with Crippen LogP contribution in [0, 0.1) is 17.7 Å². The zero-order chi connectivity index (χ0) is 22.7. The number of ether oxygens (including phenoxy) is 2. The smallest absolute Gasteiger partial charge is 0.338 e. The van der Waals surface area contributed by atoms with Crippen molar-refractivity contribution in [2.45, 2.75) is 56.5 Å². The Bertz CT molecular complexity index is 935. The number of alkyl halides is 1. The normalized spacial score (nSPS) is 22.7. The van der Waals surface area contributed by atoms with Crippen LogP contribution in [-0.2, 0) is 4.79 Å². The molecular formula is C26H30F2O4. The van der Waals surface area contributed by atoms with Gasteiger partial charge in [-0.3, -0.25) is 0 Å². The third-order valence-corrected chi connectivity index (χ3v) is 6.90. The van der Waals surface area contributed by atoms with Gasteiger partial charge in [-0.25, -0.2) is 13.6 Å². The molecule has 0 heterocycles. The van der Waals surface area contributed by atoms with Crippen molar-refractivity contribution >= 4 is 5.97 Å². The van der Waals surface area contributed by atoms with Gasteiger partial charge in [0.1, 0.15) is 17.3 Å². The van der Waals surface area contributed by atoms with Gasteiger partial charge in [-0.05, 0) is 97.7 Å². The number of rotatable bonds is 9. The number of hydrogen-bond donors (Lipinski definition) is 1. The molecule has 2 saturated carbocycles. The van der Waals surface area contributed by atoms with Crippen LogP contribution in [-0.4, -0.2) is 31.0 Å². The molecule has 2 aromatic rings. The molecule has 0 saturated heterocycles. The van der Waals surface area contributed by atoms with Gasteiger partial charge in [0.2, 0.25) is 6.17 Å². The van der Waals surface area contributed by atoms with Gasteiger partial charge in [-0.1, -0.05) is 12.1 Å². The van der Waals surface area contributed by atoms with Crippen LogP contribution in [0.25, 0.3) is 0 Å². The van der Waals surface area contributed by atoms with E-state index in [1.165, 1.54) is 6.07 Å². The number of aliphatic carboxylic acids is 1. The average Bonchev–Trinajstić information content (AvgIpc) is 3.64. The first-order valence-electron chi connectivity index (χ1n) is 11.4. The maximum atomic E-state index is 14.4. The van der Waals surface area contributed by atoms with Crippen LogP contribution in [0.2, 0.25) is 0 Å². The Labute approximate surface area is 187 Å². The standard InChI is InChI=1S/C26H30F2O4/c1-31-20-11-12-23(27)22(14-20)17-7-5-16(6-8-17)15-32-21-4-2-3-19(13-21)24(18-9-10-18)25(28)26(29)30/h2-4,11-14,16-18,24-25H,5-10,15H2,1H3,(H,29,30)/t16?,17?,24-,25?/m0/s1. The van der Waals surface area contributed by atoms with Gasteiger partial charge < -0.3 is 14.6 Å². The Kier molecular flexibility index (Phi) is 6.97. The van der Waals surface area contributed by atoms with E-state index in [1.807, 2.05) is 6.07 Å². The number of carboxylic acids is 1. The lowest BCUT2D eigenvalue weighted by Gasteiger charge is -2.29. The molecule has 2 aromatic carbocycles. The summed E-state index contributed by atoms with van der Waals surface area (Å²) in [7, 11) is 1.59. The van der Waals surface area contributed by atoms with Crippen LogP contribution >= 0.6 is 0 Å². The van der Waals surface area contributed by atoms with Crippen molar-refractivity contribution in [3.63, 3.8) is 0 Å². The van der Waals surface area contributed by atoms with Gasteiger partial charge in [-0.2, -0.15) is 0 Å². The first kappa shape index (κ1) is 22.6. The quantitative estimate of drug-likeness (QED) is 0.507. The lowest BCUT2D eigenvalue weighted by atomic mass is 9.79. The zero-order valence-electron chi connectivity index (χ0n) is 18.3. The fraction of sp³-hybridized carbons (Fsp3) is 0.500. The summed E-state index contributed by atoms with van der Waals surface area (Å²) in [5.74, 6) is -0.246. The summed E-state index contributed by atoms with van der Waals surface area (Å²) >= 11 is 0. The van der Waals surface area contributed by atoms with Gasteiger partial charge >= 0.3 is 5.97 Å². The van der Waals surface area contributed by atoms with E-state index in [-0.39, 0.29) is 17.7 Å². The van der Waals surface area contributed by atoms with Gasteiger partial charge in [0.25, 0.3) is 0 Å².